The molecule has 28 heavy (non-hydrogen) atoms. The monoisotopic (exact) mass is 465 g/mol. The van der Waals surface area contributed by atoms with Crippen molar-refractivity contribution < 1.29 is 5.03 Å². The number of nitrogens with one attached hydrogen (secondary N) is 4. The average molecular weight is 466 g/mol. The molecule has 0 aliphatic heterocycles. The van der Waals surface area contributed by atoms with E-state index in [0.717, 1.165) is 10.00 Å². The highest BCUT2D eigenvalue weighted by molar-refractivity contribution is 7.80. The van der Waals surface area contributed by atoms with Crippen molar-refractivity contribution in [3.63, 3.8) is 0 Å². The summed E-state index contributed by atoms with van der Waals surface area (Å²) < 4.78 is 0.365. The fourth-order valence-corrected chi connectivity index (χ4v) is 2.98. The van der Waals surface area contributed by atoms with Gasteiger partial charge in [-0.15, -0.1) is 23.0 Å². The molecule has 0 amide bonds. The predicted octanol–water partition coefficient (Wildman–Crippen LogP) is 1.04. The Morgan fingerprint density at radius 3 is 2.75 bits per heavy atom. The number of thiocarbonyl (C=S) groups is 2. The van der Waals surface area contributed by atoms with E-state index in [1.807, 2.05) is 0 Å². The van der Waals surface area contributed by atoms with Gasteiger partial charge in [-0.3, -0.25) is 0 Å². The Morgan fingerprint density at radius 2 is 2.29 bits per heavy atom. The first kappa shape index (κ1) is 23.7. The molecule has 0 radical (unpaired) electrons. The second-order valence-corrected chi connectivity index (χ2v) is 7.48. The summed E-state index contributed by atoms with van der Waals surface area (Å²) in [4.78, 5) is 20.5. The van der Waals surface area contributed by atoms with Gasteiger partial charge in [-0.2, -0.15) is 0 Å². The van der Waals surface area contributed by atoms with Gasteiger partial charge < -0.3 is 16.0 Å². The van der Waals surface area contributed by atoms with E-state index < -0.39 is 5.03 Å². The van der Waals surface area contributed by atoms with Crippen LogP contribution in [-0.2, 0) is 6.54 Å². The molecule has 1 aromatic rings. The molecular weight excluding hydrogens is 446 g/mol. The Kier molecular flexibility index (Phi) is 9.78. The Labute approximate surface area is 181 Å². The number of hydrazine groups is 3. The Bertz CT molecular complexity index is 757. The summed E-state index contributed by atoms with van der Waals surface area (Å²) in [6.07, 6.45) is 3.16. The van der Waals surface area contributed by atoms with Gasteiger partial charge in [0.25, 0.3) is 5.96 Å². The maximum Gasteiger partial charge on any atom is 0.286 e. The summed E-state index contributed by atoms with van der Waals surface area (Å²) in [7, 11) is 2.96. The second-order valence-electron chi connectivity index (χ2n) is 4.98. The molecule has 0 fully saturated rings. The number of hydrogen-bond donors (Lipinski definition) is 4. The molecular formula is C13H20ClN9O2S3. The lowest BCUT2D eigenvalue weighted by Gasteiger charge is -2.31. The van der Waals surface area contributed by atoms with Crippen molar-refractivity contribution in [1.82, 2.24) is 36.6 Å². The second kappa shape index (κ2) is 11.5. The molecule has 4 N–H and O–H groups in total. The van der Waals surface area contributed by atoms with Crippen molar-refractivity contribution in [2.24, 2.45) is 4.99 Å². The van der Waals surface area contributed by atoms with Crippen LogP contribution in [0.25, 0.3) is 0 Å². The highest BCUT2D eigenvalue weighted by Crippen LogP contribution is 2.17. The Morgan fingerprint density at radius 1 is 1.61 bits per heavy atom. The fourth-order valence-electron chi connectivity index (χ4n) is 1.67. The lowest BCUT2D eigenvalue weighted by Crippen LogP contribution is -2.66. The van der Waals surface area contributed by atoms with Gasteiger partial charge in [0.1, 0.15) is 0 Å². The highest BCUT2D eigenvalue weighted by atomic mass is 35.5. The van der Waals surface area contributed by atoms with Crippen LogP contribution in [0.15, 0.2) is 23.8 Å². The summed E-state index contributed by atoms with van der Waals surface area (Å²) in [6.45, 7) is 5.65. The van der Waals surface area contributed by atoms with E-state index in [-0.39, 0.29) is 28.8 Å². The summed E-state index contributed by atoms with van der Waals surface area (Å²) >= 11 is 17.4. The van der Waals surface area contributed by atoms with Crippen LogP contribution >= 0.6 is 47.4 Å². The van der Waals surface area contributed by atoms with E-state index in [2.05, 4.69) is 37.9 Å². The molecule has 0 saturated heterocycles. The number of aromatic nitrogens is 1. The molecule has 0 aliphatic carbocycles. The number of hydrogen-bond acceptors (Lipinski definition) is 7. The maximum absolute atomic E-state index is 11.8. The van der Waals surface area contributed by atoms with Gasteiger partial charge in [-0.1, -0.05) is 17.7 Å². The SMILES string of the molecule is C=CC(C)NC(=S)N(NC(=S)NC)N(C(=NC)NCc1cnc(Cl)s1)[N+](=O)[O-]. The van der Waals surface area contributed by atoms with Crippen molar-refractivity contribution in [3.8, 4) is 0 Å². The molecule has 1 heterocycles. The smallest absolute Gasteiger partial charge is 0.286 e. The minimum Gasteiger partial charge on any atom is -0.364 e. The zero-order valence-corrected chi connectivity index (χ0v) is 18.5. The number of nitrogens with zero attached hydrogens (tertiary/aromatic N) is 5. The largest absolute Gasteiger partial charge is 0.364 e. The van der Waals surface area contributed by atoms with E-state index in [1.165, 1.54) is 18.4 Å². The molecule has 0 aliphatic rings. The summed E-state index contributed by atoms with van der Waals surface area (Å²) in [5.74, 6) is -0.101. The summed E-state index contributed by atoms with van der Waals surface area (Å²) in [5.41, 5.74) is 2.64. The van der Waals surface area contributed by atoms with Crippen molar-refractivity contribution in [2.75, 3.05) is 14.1 Å². The predicted molar refractivity (Wildman–Crippen MR) is 118 cm³/mol. The Balaban J connectivity index is 3.11. The normalized spacial score (nSPS) is 11.8. The average Bonchev–Trinajstić information content (AvgIpc) is 3.08. The van der Waals surface area contributed by atoms with Crippen LogP contribution in [0.3, 0.4) is 0 Å². The molecule has 1 aromatic heterocycles. The van der Waals surface area contributed by atoms with Crippen LogP contribution in [0.5, 0.6) is 0 Å². The van der Waals surface area contributed by atoms with Crippen LogP contribution in [-0.4, -0.2) is 56.6 Å². The zero-order valence-electron chi connectivity index (χ0n) is 15.3. The van der Waals surface area contributed by atoms with Gasteiger partial charge in [0.15, 0.2) is 14.6 Å². The lowest BCUT2D eigenvalue weighted by molar-refractivity contribution is -0.668. The van der Waals surface area contributed by atoms with Gasteiger partial charge in [0.2, 0.25) is 5.11 Å². The van der Waals surface area contributed by atoms with Crippen LogP contribution in [0.1, 0.15) is 11.8 Å². The third-order valence-electron chi connectivity index (χ3n) is 3.02. The van der Waals surface area contributed by atoms with Gasteiger partial charge in [0.05, 0.1) is 11.7 Å². The minimum atomic E-state index is -0.702. The van der Waals surface area contributed by atoms with E-state index >= 15 is 0 Å². The number of aliphatic imine (C=N–C) groups is 1. The number of nitro groups is 1. The standard InChI is InChI=1S/C13H20ClN9O2S3/c1-5-8(2)19-13(27)21(20-12(26)16-4)22(23(24)25)11(15-3)18-7-9-6-17-10(14)28-9/h5-6,8H,1,7H2,2-4H3,(H,15,18)(H,19,27)(H2,16,20,26). The number of thiazole rings is 1. The molecule has 154 valence electrons. The van der Waals surface area contributed by atoms with Gasteiger partial charge >= 0.3 is 0 Å². The van der Waals surface area contributed by atoms with Crippen molar-refractivity contribution in [2.45, 2.75) is 19.5 Å². The molecule has 1 atom stereocenters. The van der Waals surface area contributed by atoms with Crippen LogP contribution in [0.2, 0.25) is 4.47 Å². The van der Waals surface area contributed by atoms with E-state index in [1.54, 1.807) is 26.2 Å². The third kappa shape index (κ3) is 7.03. The van der Waals surface area contributed by atoms with Crippen molar-refractivity contribution >= 4 is 63.6 Å². The van der Waals surface area contributed by atoms with Gasteiger partial charge in [-0.25, -0.2) is 25.5 Å². The van der Waals surface area contributed by atoms with Crippen LogP contribution in [0, 0.1) is 10.1 Å². The van der Waals surface area contributed by atoms with Gasteiger partial charge in [-0.05, 0) is 31.4 Å². The Hall–Kier alpha value is -2.29. The number of halogens is 1. The maximum atomic E-state index is 11.8. The van der Waals surface area contributed by atoms with Crippen LogP contribution < -0.4 is 21.4 Å². The van der Waals surface area contributed by atoms with Crippen LogP contribution in [0.4, 0.5) is 0 Å². The molecule has 1 unspecified atom stereocenters. The topological polar surface area (TPSA) is 123 Å². The fraction of sp³-hybridized carbons (Fsp3) is 0.385. The molecule has 1 rings (SSSR count). The first-order valence-electron chi connectivity index (χ1n) is 7.70. The highest BCUT2D eigenvalue weighted by Gasteiger charge is 2.33. The molecule has 0 bridgehead atoms. The van der Waals surface area contributed by atoms with E-state index in [4.69, 9.17) is 36.0 Å². The van der Waals surface area contributed by atoms with Crippen molar-refractivity contribution in [1.29, 1.82) is 0 Å². The van der Waals surface area contributed by atoms with E-state index in [0.29, 0.717) is 9.58 Å². The van der Waals surface area contributed by atoms with E-state index in [9.17, 15) is 10.1 Å². The molecule has 0 aromatic carbocycles. The molecule has 0 saturated carbocycles. The minimum absolute atomic E-state index is 0.0227. The number of guanidine groups is 1. The lowest BCUT2D eigenvalue weighted by atomic mass is 10.3. The quantitative estimate of drug-likeness (QED) is 0.124. The first-order chi connectivity index (χ1) is 13.2. The van der Waals surface area contributed by atoms with Crippen molar-refractivity contribution in [3.05, 3.63) is 38.3 Å². The summed E-state index contributed by atoms with van der Waals surface area (Å²) in [6, 6.07) is -0.247. The third-order valence-corrected chi connectivity index (χ3v) is 4.72. The molecule has 11 nitrogen and oxygen atoms in total. The summed E-state index contributed by atoms with van der Waals surface area (Å²) in [5, 5.41) is 21.2. The molecule has 15 heteroatoms. The number of rotatable bonds is 5. The zero-order chi connectivity index (χ0) is 21.3. The molecule has 0 spiro atoms. The van der Waals surface area contributed by atoms with Gasteiger partial charge in [0, 0.05) is 31.2 Å². The first-order valence-corrected chi connectivity index (χ1v) is 9.71.